The molecule has 0 radical (unpaired) electrons. The fourth-order valence-electron chi connectivity index (χ4n) is 3.90. The first-order valence-electron chi connectivity index (χ1n) is 11.2. The summed E-state index contributed by atoms with van der Waals surface area (Å²) in [5.74, 6) is -1.81. The zero-order valence-corrected chi connectivity index (χ0v) is 19.4. The average molecular weight is 482 g/mol. The van der Waals surface area contributed by atoms with Crippen molar-refractivity contribution in [2.75, 3.05) is 11.9 Å². The molecule has 0 aromatic heterocycles. The Morgan fingerprint density at radius 1 is 1.06 bits per heavy atom. The van der Waals surface area contributed by atoms with Gasteiger partial charge in [0.2, 0.25) is 11.8 Å². The number of ketones is 1. The number of anilines is 1. The van der Waals surface area contributed by atoms with Crippen LogP contribution in [0, 0.1) is 10.1 Å². The summed E-state index contributed by atoms with van der Waals surface area (Å²) in [7, 11) is 0. The highest BCUT2D eigenvalue weighted by Gasteiger charge is 2.37. The maximum absolute atomic E-state index is 13.5. The summed E-state index contributed by atoms with van der Waals surface area (Å²) < 4.78 is 0. The second kappa shape index (κ2) is 10.9. The van der Waals surface area contributed by atoms with E-state index in [2.05, 4.69) is 10.6 Å². The molecule has 0 unspecified atom stereocenters. The molecular formula is C24H27N5O6. The number of carbonyl (C=O) groups excluding carboxylic acids is 4. The molecule has 11 heteroatoms. The van der Waals surface area contributed by atoms with Gasteiger partial charge in [-0.3, -0.25) is 29.3 Å². The molecule has 1 aliphatic rings. The van der Waals surface area contributed by atoms with Crippen LogP contribution in [0.1, 0.15) is 47.4 Å². The van der Waals surface area contributed by atoms with Crippen LogP contribution in [0.5, 0.6) is 0 Å². The van der Waals surface area contributed by atoms with Crippen molar-refractivity contribution in [2.45, 2.75) is 44.8 Å². The van der Waals surface area contributed by atoms with E-state index in [1.807, 2.05) is 0 Å². The van der Waals surface area contributed by atoms with Gasteiger partial charge in [-0.15, -0.1) is 0 Å². The zero-order valence-electron chi connectivity index (χ0n) is 19.4. The molecule has 35 heavy (non-hydrogen) atoms. The summed E-state index contributed by atoms with van der Waals surface area (Å²) in [4.78, 5) is 63.0. The van der Waals surface area contributed by atoms with Crippen molar-refractivity contribution < 1.29 is 24.1 Å². The lowest BCUT2D eigenvalue weighted by atomic mass is 9.96. The molecule has 0 bridgehead atoms. The SMILES string of the molecule is C[C@H](N)C(=O)N[C@@H](C)C(=O)N1CCC[C@H]1C(=O)c1ccccc1C(=O)Nc1ccc([N+](=O)[O-])cc1. The maximum atomic E-state index is 13.5. The average Bonchev–Trinajstić information content (AvgIpc) is 3.33. The van der Waals surface area contributed by atoms with Crippen LogP contribution in [0.3, 0.4) is 0 Å². The predicted molar refractivity (Wildman–Crippen MR) is 128 cm³/mol. The largest absolute Gasteiger partial charge is 0.343 e. The number of nitro benzene ring substituents is 1. The van der Waals surface area contributed by atoms with E-state index in [1.165, 1.54) is 55.1 Å². The van der Waals surface area contributed by atoms with E-state index in [-0.39, 0.29) is 22.6 Å². The number of non-ortho nitro benzene ring substituents is 1. The van der Waals surface area contributed by atoms with Crippen molar-refractivity contribution in [1.29, 1.82) is 0 Å². The highest BCUT2D eigenvalue weighted by molar-refractivity contribution is 6.14. The van der Waals surface area contributed by atoms with E-state index in [0.29, 0.717) is 25.1 Å². The van der Waals surface area contributed by atoms with Gasteiger partial charge in [-0.2, -0.15) is 0 Å². The van der Waals surface area contributed by atoms with E-state index in [0.717, 1.165) is 0 Å². The third-order valence-corrected chi connectivity index (χ3v) is 5.75. The fourth-order valence-corrected chi connectivity index (χ4v) is 3.90. The monoisotopic (exact) mass is 481 g/mol. The first-order chi connectivity index (χ1) is 16.6. The summed E-state index contributed by atoms with van der Waals surface area (Å²) in [5, 5.41) is 16.0. The zero-order chi connectivity index (χ0) is 25.7. The Balaban J connectivity index is 1.78. The number of carbonyl (C=O) groups is 4. The van der Waals surface area contributed by atoms with Crippen molar-refractivity contribution in [2.24, 2.45) is 5.73 Å². The van der Waals surface area contributed by atoms with E-state index >= 15 is 0 Å². The Morgan fingerprint density at radius 3 is 2.29 bits per heavy atom. The number of hydrogen-bond donors (Lipinski definition) is 3. The van der Waals surface area contributed by atoms with Gasteiger partial charge < -0.3 is 21.3 Å². The van der Waals surface area contributed by atoms with Gasteiger partial charge in [-0.05, 0) is 44.9 Å². The van der Waals surface area contributed by atoms with Crippen LogP contribution in [-0.4, -0.2) is 58.0 Å². The third kappa shape index (κ3) is 5.87. The number of hydrogen-bond acceptors (Lipinski definition) is 7. The molecule has 1 fully saturated rings. The van der Waals surface area contributed by atoms with E-state index < -0.39 is 40.8 Å². The molecule has 3 atom stereocenters. The molecule has 0 aliphatic carbocycles. The Labute approximate surface area is 201 Å². The van der Waals surface area contributed by atoms with Gasteiger partial charge in [0.05, 0.1) is 22.6 Å². The van der Waals surface area contributed by atoms with E-state index in [9.17, 15) is 29.3 Å². The Bertz CT molecular complexity index is 1150. The van der Waals surface area contributed by atoms with Gasteiger partial charge in [0, 0.05) is 29.9 Å². The van der Waals surface area contributed by atoms with Crippen LogP contribution >= 0.6 is 0 Å². The van der Waals surface area contributed by atoms with E-state index in [1.54, 1.807) is 12.1 Å². The number of Topliss-reactive ketones (excluding diaryl/α,β-unsaturated/α-hetero) is 1. The minimum atomic E-state index is -0.859. The van der Waals surface area contributed by atoms with Gasteiger partial charge in [0.25, 0.3) is 11.6 Å². The molecule has 4 N–H and O–H groups in total. The Morgan fingerprint density at radius 2 is 1.69 bits per heavy atom. The van der Waals surface area contributed by atoms with Crippen molar-refractivity contribution in [3.63, 3.8) is 0 Å². The van der Waals surface area contributed by atoms with Crippen LogP contribution in [0.4, 0.5) is 11.4 Å². The molecule has 11 nitrogen and oxygen atoms in total. The smallest absolute Gasteiger partial charge is 0.269 e. The normalized spacial score (nSPS) is 16.8. The number of nitrogens with two attached hydrogens (primary N) is 1. The first kappa shape index (κ1) is 25.5. The highest BCUT2D eigenvalue weighted by Crippen LogP contribution is 2.25. The summed E-state index contributed by atoms with van der Waals surface area (Å²) >= 11 is 0. The lowest BCUT2D eigenvalue weighted by Gasteiger charge is -2.27. The van der Waals surface area contributed by atoms with Crippen LogP contribution < -0.4 is 16.4 Å². The van der Waals surface area contributed by atoms with Gasteiger partial charge in [0.1, 0.15) is 6.04 Å². The molecule has 1 heterocycles. The Hall–Kier alpha value is -4.12. The van der Waals surface area contributed by atoms with Crippen LogP contribution in [-0.2, 0) is 9.59 Å². The second-order valence-electron chi connectivity index (χ2n) is 8.38. The predicted octanol–water partition coefficient (Wildman–Crippen LogP) is 1.87. The van der Waals surface area contributed by atoms with Crippen molar-refractivity contribution in [3.8, 4) is 0 Å². The minimum absolute atomic E-state index is 0.115. The molecule has 3 rings (SSSR count). The van der Waals surface area contributed by atoms with Crippen molar-refractivity contribution in [3.05, 3.63) is 69.8 Å². The number of benzene rings is 2. The van der Waals surface area contributed by atoms with Crippen LogP contribution in [0.2, 0.25) is 0 Å². The van der Waals surface area contributed by atoms with Crippen molar-refractivity contribution in [1.82, 2.24) is 10.2 Å². The molecule has 2 aromatic rings. The van der Waals surface area contributed by atoms with Gasteiger partial charge in [0.15, 0.2) is 5.78 Å². The standard InChI is InChI=1S/C24H27N5O6/c1-14(25)22(31)26-15(2)24(33)28-13-5-8-20(28)21(30)18-6-3-4-7-19(18)23(32)27-16-9-11-17(12-10-16)29(34)35/h3-4,6-7,9-12,14-15,20H,5,8,13,25H2,1-2H3,(H,26,31)(H,27,32)/t14-,15-,20-/m0/s1. The van der Waals surface area contributed by atoms with Crippen LogP contribution in [0.15, 0.2) is 48.5 Å². The molecular weight excluding hydrogens is 454 g/mol. The molecule has 0 spiro atoms. The highest BCUT2D eigenvalue weighted by atomic mass is 16.6. The number of rotatable bonds is 8. The summed E-state index contributed by atoms with van der Waals surface area (Å²) in [6.45, 7) is 3.40. The second-order valence-corrected chi connectivity index (χ2v) is 8.38. The van der Waals surface area contributed by atoms with Crippen molar-refractivity contribution >= 4 is 34.9 Å². The maximum Gasteiger partial charge on any atom is 0.269 e. The lowest BCUT2D eigenvalue weighted by Crippen LogP contribution is -2.52. The third-order valence-electron chi connectivity index (χ3n) is 5.75. The topological polar surface area (TPSA) is 165 Å². The van der Waals surface area contributed by atoms with Gasteiger partial charge >= 0.3 is 0 Å². The number of amides is 3. The summed E-state index contributed by atoms with van der Waals surface area (Å²) in [5.41, 5.74) is 6.04. The fraction of sp³-hybridized carbons (Fsp3) is 0.333. The van der Waals surface area contributed by atoms with Gasteiger partial charge in [-0.25, -0.2) is 0 Å². The van der Waals surface area contributed by atoms with E-state index in [4.69, 9.17) is 5.73 Å². The molecule has 3 amide bonds. The van der Waals surface area contributed by atoms with Gasteiger partial charge in [-0.1, -0.05) is 18.2 Å². The molecule has 1 saturated heterocycles. The number of nitro groups is 1. The molecule has 2 aromatic carbocycles. The summed E-state index contributed by atoms with van der Waals surface area (Å²) in [6.07, 6.45) is 1.03. The molecule has 1 aliphatic heterocycles. The first-order valence-corrected chi connectivity index (χ1v) is 11.2. The quantitative estimate of drug-likeness (QED) is 0.294. The number of nitrogens with zero attached hydrogens (tertiary/aromatic N) is 2. The number of nitrogens with one attached hydrogen (secondary N) is 2. The Kier molecular flexibility index (Phi) is 7.92. The minimum Gasteiger partial charge on any atom is -0.343 e. The van der Waals surface area contributed by atoms with Crippen LogP contribution in [0.25, 0.3) is 0 Å². The number of likely N-dealkylation sites (tertiary alicyclic amines) is 1. The lowest BCUT2D eigenvalue weighted by molar-refractivity contribution is -0.384. The molecule has 184 valence electrons. The molecule has 0 saturated carbocycles. The summed E-state index contributed by atoms with van der Waals surface area (Å²) in [6, 6.07) is 9.18.